The van der Waals surface area contributed by atoms with Gasteiger partial charge in [-0.25, -0.2) is 13.2 Å². The van der Waals surface area contributed by atoms with E-state index in [0.29, 0.717) is 10.9 Å². The average Bonchev–Trinajstić information content (AvgIpc) is 2.26. The highest BCUT2D eigenvalue weighted by atomic mass is 79.9. The molecule has 0 aliphatic heterocycles. The van der Waals surface area contributed by atoms with Gasteiger partial charge in [-0.15, -0.1) is 6.58 Å². The van der Waals surface area contributed by atoms with E-state index in [1.54, 1.807) is 6.92 Å². The van der Waals surface area contributed by atoms with Gasteiger partial charge in [-0.1, -0.05) is 5.57 Å². The number of hydrogen-bond donors (Lipinski definition) is 1. The lowest BCUT2D eigenvalue weighted by Crippen LogP contribution is -2.09. The van der Waals surface area contributed by atoms with Gasteiger partial charge in [0.1, 0.15) is 0 Å². The highest BCUT2D eigenvalue weighted by Crippen LogP contribution is 2.25. The first kappa shape index (κ1) is 14.9. The number of carbonyl (C=O) groups is 1. The second-order valence-corrected chi connectivity index (χ2v) is 6.91. The molecule has 18 heavy (non-hydrogen) atoms. The molecule has 4 nitrogen and oxygen atoms in total. The van der Waals surface area contributed by atoms with Crippen molar-refractivity contribution in [3.05, 3.63) is 40.4 Å². The summed E-state index contributed by atoms with van der Waals surface area (Å²) in [5.74, 6) is -1.23. The van der Waals surface area contributed by atoms with E-state index in [1.165, 1.54) is 18.2 Å². The van der Waals surface area contributed by atoms with Crippen LogP contribution >= 0.6 is 15.9 Å². The summed E-state index contributed by atoms with van der Waals surface area (Å²) in [7, 11) is -3.51. The maximum Gasteiger partial charge on any atom is 0.335 e. The third kappa shape index (κ3) is 3.68. The Balaban J connectivity index is 3.18. The van der Waals surface area contributed by atoms with E-state index in [9.17, 15) is 13.2 Å². The molecule has 0 amide bonds. The second-order valence-electron chi connectivity index (χ2n) is 3.98. The van der Waals surface area contributed by atoms with Crippen molar-refractivity contribution in [3.63, 3.8) is 0 Å². The third-order valence-corrected chi connectivity index (χ3v) is 5.01. The fourth-order valence-electron chi connectivity index (χ4n) is 1.29. The summed E-state index contributed by atoms with van der Waals surface area (Å²) < 4.78 is 24.5. The van der Waals surface area contributed by atoms with Crippen LogP contribution < -0.4 is 0 Å². The Kier molecular flexibility index (Phi) is 4.70. The molecule has 0 heterocycles. The highest BCUT2D eigenvalue weighted by Gasteiger charge is 2.19. The van der Waals surface area contributed by atoms with Gasteiger partial charge in [-0.3, -0.25) is 0 Å². The monoisotopic (exact) mass is 332 g/mol. The molecule has 0 saturated carbocycles. The normalized spacial score (nSPS) is 11.2. The molecular weight excluding hydrogens is 320 g/mol. The molecule has 98 valence electrons. The number of carboxylic acid groups (broad SMARTS) is 1. The topological polar surface area (TPSA) is 71.4 Å². The Morgan fingerprint density at radius 1 is 1.44 bits per heavy atom. The minimum atomic E-state index is -3.51. The molecule has 1 aromatic carbocycles. The van der Waals surface area contributed by atoms with Crippen LogP contribution in [0.5, 0.6) is 0 Å². The van der Waals surface area contributed by atoms with E-state index in [0.717, 1.165) is 5.57 Å². The molecule has 0 fully saturated rings. The number of rotatable bonds is 5. The lowest BCUT2D eigenvalue weighted by atomic mass is 10.2. The second kappa shape index (κ2) is 5.67. The van der Waals surface area contributed by atoms with Gasteiger partial charge in [-0.2, -0.15) is 0 Å². The summed E-state index contributed by atoms with van der Waals surface area (Å²) in [6.45, 7) is 5.40. The van der Waals surface area contributed by atoms with Crippen molar-refractivity contribution in [3.8, 4) is 0 Å². The van der Waals surface area contributed by atoms with Gasteiger partial charge in [0, 0.05) is 4.47 Å². The largest absolute Gasteiger partial charge is 0.478 e. The maximum atomic E-state index is 12.1. The van der Waals surface area contributed by atoms with Crippen LogP contribution in [0.2, 0.25) is 0 Å². The van der Waals surface area contributed by atoms with Gasteiger partial charge in [-0.05, 0) is 47.5 Å². The van der Waals surface area contributed by atoms with Gasteiger partial charge in [0.25, 0.3) is 0 Å². The van der Waals surface area contributed by atoms with Crippen LogP contribution in [-0.2, 0) is 9.84 Å². The van der Waals surface area contributed by atoms with Crippen LogP contribution in [0, 0.1) is 0 Å². The predicted molar refractivity (Wildman–Crippen MR) is 72.6 cm³/mol. The standard InChI is InChI=1S/C12H13BrO4S/c1-8(2)5-6-18(16,17)11-7-9(12(14)15)3-4-10(11)13/h3-4,7H,1,5-6H2,2H3,(H,14,15). The van der Waals surface area contributed by atoms with Crippen LogP contribution in [0.4, 0.5) is 0 Å². The average molecular weight is 333 g/mol. The lowest BCUT2D eigenvalue weighted by molar-refractivity contribution is 0.0696. The summed E-state index contributed by atoms with van der Waals surface area (Å²) in [4.78, 5) is 10.8. The molecule has 0 spiro atoms. The number of sulfone groups is 1. The molecule has 1 aromatic rings. The van der Waals surface area contributed by atoms with E-state index in [-0.39, 0.29) is 16.2 Å². The van der Waals surface area contributed by atoms with Crippen LogP contribution in [-0.4, -0.2) is 25.2 Å². The zero-order chi connectivity index (χ0) is 13.9. The number of hydrogen-bond acceptors (Lipinski definition) is 3. The van der Waals surface area contributed by atoms with Crippen LogP contribution in [0.25, 0.3) is 0 Å². The number of allylic oxidation sites excluding steroid dienone is 1. The first-order valence-electron chi connectivity index (χ1n) is 5.14. The van der Waals surface area contributed by atoms with Gasteiger partial charge < -0.3 is 5.11 Å². The summed E-state index contributed by atoms with van der Waals surface area (Å²) in [5, 5.41) is 8.86. The van der Waals surface area contributed by atoms with E-state index >= 15 is 0 Å². The molecule has 0 unspecified atom stereocenters. The molecule has 0 saturated heterocycles. The van der Waals surface area contributed by atoms with Gasteiger partial charge in [0.2, 0.25) is 0 Å². The van der Waals surface area contributed by atoms with Crippen molar-refractivity contribution in [2.75, 3.05) is 5.75 Å². The first-order valence-corrected chi connectivity index (χ1v) is 7.58. The van der Waals surface area contributed by atoms with Crippen LogP contribution in [0.15, 0.2) is 39.7 Å². The van der Waals surface area contributed by atoms with Crippen molar-refractivity contribution < 1.29 is 18.3 Å². The Labute approximate surface area is 114 Å². The highest BCUT2D eigenvalue weighted by molar-refractivity contribution is 9.10. The molecule has 1 N–H and O–H groups in total. The molecule has 0 radical (unpaired) electrons. The Morgan fingerprint density at radius 3 is 2.56 bits per heavy atom. The quantitative estimate of drug-likeness (QED) is 0.841. The predicted octanol–water partition coefficient (Wildman–Crippen LogP) is 2.89. The van der Waals surface area contributed by atoms with Crippen molar-refractivity contribution in [1.82, 2.24) is 0 Å². The SMILES string of the molecule is C=C(C)CCS(=O)(=O)c1cc(C(=O)O)ccc1Br. The third-order valence-electron chi connectivity index (χ3n) is 2.31. The molecule has 0 aromatic heterocycles. The zero-order valence-corrected chi connectivity index (χ0v) is 12.2. The van der Waals surface area contributed by atoms with Gasteiger partial charge >= 0.3 is 5.97 Å². The Bertz CT molecular complexity index is 590. The maximum absolute atomic E-state index is 12.1. The van der Waals surface area contributed by atoms with E-state index in [2.05, 4.69) is 22.5 Å². The van der Waals surface area contributed by atoms with Crippen LogP contribution in [0.1, 0.15) is 23.7 Å². The Morgan fingerprint density at radius 2 is 2.06 bits per heavy atom. The number of aromatic carboxylic acids is 1. The van der Waals surface area contributed by atoms with E-state index in [4.69, 9.17) is 5.11 Å². The lowest BCUT2D eigenvalue weighted by Gasteiger charge is -2.07. The minimum absolute atomic E-state index is 0.00338. The number of benzene rings is 1. The Hall–Kier alpha value is -1.14. The number of carboxylic acids is 1. The molecular formula is C12H13BrO4S. The molecule has 0 aliphatic carbocycles. The summed E-state index contributed by atoms with van der Waals surface area (Å²) in [6.07, 6.45) is 0.353. The van der Waals surface area contributed by atoms with Gasteiger partial charge in [0.05, 0.1) is 16.2 Å². The fraction of sp³-hybridized carbons (Fsp3) is 0.250. The van der Waals surface area contributed by atoms with E-state index in [1.807, 2.05) is 0 Å². The summed E-state index contributed by atoms with van der Waals surface area (Å²) in [5.41, 5.74) is 0.719. The first-order chi connectivity index (χ1) is 8.24. The summed E-state index contributed by atoms with van der Waals surface area (Å²) >= 11 is 3.13. The smallest absolute Gasteiger partial charge is 0.335 e. The summed E-state index contributed by atoms with van der Waals surface area (Å²) in [6, 6.07) is 3.95. The minimum Gasteiger partial charge on any atom is -0.478 e. The van der Waals surface area contributed by atoms with Crippen LogP contribution in [0.3, 0.4) is 0 Å². The van der Waals surface area contributed by atoms with Crippen molar-refractivity contribution in [2.45, 2.75) is 18.2 Å². The van der Waals surface area contributed by atoms with E-state index < -0.39 is 15.8 Å². The van der Waals surface area contributed by atoms with Gasteiger partial charge in [0.15, 0.2) is 9.84 Å². The van der Waals surface area contributed by atoms with Crippen molar-refractivity contribution in [2.24, 2.45) is 0 Å². The molecule has 1 rings (SSSR count). The molecule has 0 aliphatic rings. The number of halogens is 1. The van der Waals surface area contributed by atoms with Crippen molar-refractivity contribution in [1.29, 1.82) is 0 Å². The zero-order valence-electron chi connectivity index (χ0n) is 9.81. The fourth-order valence-corrected chi connectivity index (χ4v) is 3.79. The van der Waals surface area contributed by atoms with Crippen molar-refractivity contribution >= 4 is 31.7 Å². The molecule has 0 bridgehead atoms. The molecule has 6 heteroatoms. The molecule has 0 atom stereocenters.